The lowest BCUT2D eigenvalue weighted by Crippen LogP contribution is -2.44. The van der Waals surface area contributed by atoms with Crippen LogP contribution < -0.4 is 5.32 Å². The molecule has 0 aliphatic heterocycles. The van der Waals surface area contributed by atoms with Crippen LogP contribution in [-0.4, -0.2) is 23.0 Å². The second-order valence-corrected chi connectivity index (χ2v) is 4.24. The maximum atomic E-state index is 11.5. The Bertz CT molecular complexity index is 387. The van der Waals surface area contributed by atoms with Crippen LogP contribution in [0.4, 0.5) is 0 Å². The highest BCUT2D eigenvalue weighted by atomic mass is 16.4. The van der Waals surface area contributed by atoms with Crippen molar-refractivity contribution < 1.29 is 14.7 Å². The van der Waals surface area contributed by atoms with Gasteiger partial charge in [0.1, 0.15) is 6.04 Å². The molecule has 0 fully saturated rings. The number of aliphatic carboxylic acids is 1. The Kier molecular flexibility index (Phi) is 4.69. The highest BCUT2D eigenvalue weighted by Gasteiger charge is 2.21. The van der Waals surface area contributed by atoms with E-state index in [0.717, 1.165) is 5.56 Å². The van der Waals surface area contributed by atoms with Crippen molar-refractivity contribution in [2.45, 2.75) is 26.3 Å². The predicted octanol–water partition coefficient (Wildman–Crippen LogP) is 1.45. The van der Waals surface area contributed by atoms with E-state index in [4.69, 9.17) is 5.11 Å². The van der Waals surface area contributed by atoms with Crippen LogP contribution in [0.1, 0.15) is 19.4 Å². The molecule has 17 heavy (non-hydrogen) atoms. The number of benzene rings is 1. The van der Waals surface area contributed by atoms with Crippen LogP contribution in [0.15, 0.2) is 30.3 Å². The van der Waals surface area contributed by atoms with Gasteiger partial charge in [0, 0.05) is 12.3 Å². The van der Waals surface area contributed by atoms with Crippen LogP contribution in [0.5, 0.6) is 0 Å². The zero-order chi connectivity index (χ0) is 12.8. The van der Waals surface area contributed by atoms with Crippen LogP contribution in [-0.2, 0) is 16.0 Å². The lowest BCUT2D eigenvalue weighted by molar-refractivity contribution is -0.142. The van der Waals surface area contributed by atoms with Crippen molar-refractivity contribution in [3.63, 3.8) is 0 Å². The fourth-order valence-electron chi connectivity index (χ4n) is 1.39. The summed E-state index contributed by atoms with van der Waals surface area (Å²) in [4.78, 5) is 22.5. The monoisotopic (exact) mass is 235 g/mol. The molecule has 0 spiro atoms. The molecule has 1 atom stereocenters. The molecule has 1 aromatic rings. The van der Waals surface area contributed by atoms with Crippen molar-refractivity contribution in [3.05, 3.63) is 35.9 Å². The van der Waals surface area contributed by atoms with Crippen molar-refractivity contribution in [1.82, 2.24) is 5.32 Å². The van der Waals surface area contributed by atoms with Gasteiger partial charge in [-0.05, 0) is 5.56 Å². The quantitative estimate of drug-likeness (QED) is 0.811. The van der Waals surface area contributed by atoms with Gasteiger partial charge in [-0.1, -0.05) is 44.2 Å². The molecule has 2 N–H and O–H groups in total. The largest absolute Gasteiger partial charge is 0.480 e. The Balaban J connectivity index is 2.68. The molecule has 1 rings (SSSR count). The summed E-state index contributed by atoms with van der Waals surface area (Å²) in [5, 5.41) is 11.6. The summed E-state index contributed by atoms with van der Waals surface area (Å²) >= 11 is 0. The lowest BCUT2D eigenvalue weighted by atomic mass is 10.1. The van der Waals surface area contributed by atoms with Crippen LogP contribution in [0.3, 0.4) is 0 Å². The van der Waals surface area contributed by atoms with Gasteiger partial charge in [-0.2, -0.15) is 0 Å². The number of nitrogens with one attached hydrogen (secondary N) is 1. The number of hydrogen-bond donors (Lipinski definition) is 2. The minimum atomic E-state index is -1.01. The number of amides is 1. The van der Waals surface area contributed by atoms with Gasteiger partial charge in [-0.3, -0.25) is 4.79 Å². The van der Waals surface area contributed by atoms with Gasteiger partial charge >= 0.3 is 5.97 Å². The lowest BCUT2D eigenvalue weighted by Gasteiger charge is -2.16. The molecule has 4 nitrogen and oxygen atoms in total. The van der Waals surface area contributed by atoms with Gasteiger partial charge in [0.2, 0.25) is 5.91 Å². The Morgan fingerprint density at radius 1 is 1.24 bits per heavy atom. The fraction of sp³-hybridized carbons (Fsp3) is 0.385. The van der Waals surface area contributed by atoms with Gasteiger partial charge in [-0.15, -0.1) is 0 Å². The van der Waals surface area contributed by atoms with Crippen LogP contribution in [0.25, 0.3) is 0 Å². The van der Waals surface area contributed by atoms with E-state index in [9.17, 15) is 9.59 Å². The number of rotatable bonds is 5. The molecular formula is C13H17NO3. The Morgan fingerprint density at radius 2 is 1.82 bits per heavy atom. The third kappa shape index (κ3) is 4.26. The molecule has 0 saturated carbocycles. The normalized spacial score (nSPS) is 12.2. The van der Waals surface area contributed by atoms with E-state index < -0.39 is 12.0 Å². The number of carboxylic acids is 1. The van der Waals surface area contributed by atoms with Crippen molar-refractivity contribution in [2.75, 3.05) is 0 Å². The maximum absolute atomic E-state index is 11.5. The smallest absolute Gasteiger partial charge is 0.326 e. The second kappa shape index (κ2) is 6.03. The number of carbonyl (C=O) groups is 2. The van der Waals surface area contributed by atoms with Gasteiger partial charge in [0.25, 0.3) is 0 Å². The molecule has 0 aromatic heterocycles. The van der Waals surface area contributed by atoms with E-state index in [1.165, 1.54) is 0 Å². The molecule has 0 saturated heterocycles. The second-order valence-electron chi connectivity index (χ2n) is 4.24. The van der Waals surface area contributed by atoms with E-state index >= 15 is 0 Å². The Morgan fingerprint density at radius 3 is 2.29 bits per heavy atom. The molecule has 1 unspecified atom stereocenters. The molecule has 0 radical (unpaired) electrons. The van der Waals surface area contributed by atoms with Crippen LogP contribution >= 0.6 is 0 Å². The van der Waals surface area contributed by atoms with E-state index in [0.29, 0.717) is 6.42 Å². The Labute approximate surface area is 101 Å². The summed E-state index contributed by atoms with van der Waals surface area (Å²) < 4.78 is 0. The van der Waals surface area contributed by atoms with E-state index in [1.54, 1.807) is 13.8 Å². The summed E-state index contributed by atoms with van der Waals surface area (Å²) in [7, 11) is 0. The molecule has 1 aromatic carbocycles. The standard InChI is InChI=1S/C13H17NO3/c1-9(2)12(15)14-11(13(16)17)8-10-6-4-3-5-7-10/h3-7,9,11H,8H2,1-2H3,(H,14,15)(H,16,17). The summed E-state index contributed by atoms with van der Waals surface area (Å²) in [5.41, 5.74) is 0.893. The average Bonchev–Trinajstić information content (AvgIpc) is 2.29. The first-order chi connectivity index (χ1) is 8.00. The first kappa shape index (κ1) is 13.2. The maximum Gasteiger partial charge on any atom is 0.326 e. The van der Waals surface area contributed by atoms with Crippen LogP contribution in [0.2, 0.25) is 0 Å². The summed E-state index contributed by atoms with van der Waals surface area (Å²) in [6, 6.07) is 8.38. The van der Waals surface area contributed by atoms with Gasteiger partial charge < -0.3 is 10.4 Å². The minimum absolute atomic E-state index is 0.215. The van der Waals surface area contributed by atoms with Crippen molar-refractivity contribution in [3.8, 4) is 0 Å². The molecule has 92 valence electrons. The summed E-state index contributed by atoms with van der Waals surface area (Å²) in [6.07, 6.45) is 0.300. The van der Waals surface area contributed by atoms with Gasteiger partial charge in [-0.25, -0.2) is 4.79 Å². The highest BCUT2D eigenvalue weighted by Crippen LogP contribution is 2.04. The molecule has 0 aliphatic carbocycles. The number of carboxylic acid groups (broad SMARTS) is 1. The topological polar surface area (TPSA) is 66.4 Å². The van der Waals surface area contributed by atoms with E-state index in [1.807, 2.05) is 30.3 Å². The van der Waals surface area contributed by atoms with Crippen molar-refractivity contribution in [2.24, 2.45) is 5.92 Å². The average molecular weight is 235 g/mol. The summed E-state index contributed by atoms with van der Waals surface area (Å²) in [5.74, 6) is -1.47. The first-order valence-corrected chi connectivity index (χ1v) is 5.58. The number of hydrogen-bond acceptors (Lipinski definition) is 2. The van der Waals surface area contributed by atoms with Gasteiger partial charge in [0.05, 0.1) is 0 Å². The van der Waals surface area contributed by atoms with Crippen LogP contribution in [0, 0.1) is 5.92 Å². The molecule has 0 bridgehead atoms. The van der Waals surface area contributed by atoms with Crippen molar-refractivity contribution >= 4 is 11.9 Å². The van der Waals surface area contributed by atoms with E-state index in [-0.39, 0.29) is 11.8 Å². The molecule has 4 heteroatoms. The molecule has 0 heterocycles. The van der Waals surface area contributed by atoms with E-state index in [2.05, 4.69) is 5.32 Å². The fourth-order valence-corrected chi connectivity index (χ4v) is 1.39. The molecule has 1 amide bonds. The predicted molar refractivity (Wildman–Crippen MR) is 64.6 cm³/mol. The third-order valence-corrected chi connectivity index (χ3v) is 2.42. The zero-order valence-corrected chi connectivity index (χ0v) is 10.0. The zero-order valence-electron chi connectivity index (χ0n) is 10.0. The Hall–Kier alpha value is -1.84. The number of carbonyl (C=O) groups excluding carboxylic acids is 1. The van der Waals surface area contributed by atoms with Gasteiger partial charge in [0.15, 0.2) is 0 Å². The molecule has 0 aliphatic rings. The SMILES string of the molecule is CC(C)C(=O)NC(Cc1ccccc1)C(=O)O. The first-order valence-electron chi connectivity index (χ1n) is 5.58. The highest BCUT2D eigenvalue weighted by molar-refractivity contribution is 5.84. The molecular weight excluding hydrogens is 218 g/mol. The third-order valence-electron chi connectivity index (χ3n) is 2.42. The summed E-state index contributed by atoms with van der Waals surface area (Å²) in [6.45, 7) is 3.47. The minimum Gasteiger partial charge on any atom is -0.480 e. The van der Waals surface area contributed by atoms with Crippen molar-refractivity contribution in [1.29, 1.82) is 0 Å².